The second-order valence-corrected chi connectivity index (χ2v) is 9.00. The van der Waals surface area contributed by atoms with Gasteiger partial charge in [0.15, 0.2) is 0 Å². The smallest absolute Gasteiger partial charge is 0.259 e. The summed E-state index contributed by atoms with van der Waals surface area (Å²) in [5.74, 6) is 0.0424. The second-order valence-electron chi connectivity index (χ2n) is 8.60. The molecule has 0 aliphatic carbocycles. The van der Waals surface area contributed by atoms with Gasteiger partial charge >= 0.3 is 0 Å². The fourth-order valence-corrected chi connectivity index (χ4v) is 4.41. The van der Waals surface area contributed by atoms with Crippen LogP contribution < -0.4 is 5.32 Å². The highest BCUT2D eigenvalue weighted by molar-refractivity contribution is 6.35. The number of benzene rings is 1. The van der Waals surface area contributed by atoms with Gasteiger partial charge in [0.1, 0.15) is 0 Å². The Morgan fingerprint density at radius 1 is 1.24 bits per heavy atom. The minimum Gasteiger partial charge on any atom is -0.337 e. The minimum absolute atomic E-state index is 0.0160. The van der Waals surface area contributed by atoms with Crippen molar-refractivity contribution < 1.29 is 9.59 Å². The molecule has 2 amide bonds. The van der Waals surface area contributed by atoms with Crippen molar-refractivity contribution in [2.75, 3.05) is 39.0 Å². The van der Waals surface area contributed by atoms with Crippen molar-refractivity contribution in [3.8, 4) is 0 Å². The summed E-state index contributed by atoms with van der Waals surface area (Å²) in [4.78, 5) is 34.3. The number of fused-ring (bicyclic) bond motifs is 1. The summed E-state index contributed by atoms with van der Waals surface area (Å²) < 4.78 is 1.97. The molecule has 9 nitrogen and oxygen atoms in total. The van der Waals surface area contributed by atoms with Crippen LogP contribution in [0.3, 0.4) is 0 Å². The van der Waals surface area contributed by atoms with Crippen molar-refractivity contribution in [2.45, 2.75) is 25.3 Å². The van der Waals surface area contributed by atoms with Gasteiger partial charge in [0, 0.05) is 25.7 Å². The molecule has 1 aliphatic rings. The molecule has 0 unspecified atom stereocenters. The van der Waals surface area contributed by atoms with Crippen LogP contribution >= 0.6 is 11.6 Å². The minimum atomic E-state index is -0.337. The van der Waals surface area contributed by atoms with Gasteiger partial charge in [0.05, 0.1) is 40.1 Å². The monoisotopic (exact) mass is 481 g/mol. The van der Waals surface area contributed by atoms with Gasteiger partial charge < -0.3 is 14.4 Å². The van der Waals surface area contributed by atoms with Gasteiger partial charge in [-0.2, -0.15) is 10.2 Å². The first-order valence-electron chi connectivity index (χ1n) is 11.3. The van der Waals surface area contributed by atoms with E-state index in [1.165, 1.54) is 12.4 Å². The number of likely N-dealkylation sites (N-methyl/N-ethyl adjacent to an activating group) is 1. The highest BCUT2D eigenvalue weighted by atomic mass is 35.5. The molecule has 2 aromatic heterocycles. The van der Waals surface area contributed by atoms with E-state index in [-0.39, 0.29) is 17.9 Å². The zero-order valence-corrected chi connectivity index (χ0v) is 20.1. The highest BCUT2D eigenvalue weighted by Crippen LogP contribution is 2.34. The number of nitrogens with one attached hydrogen (secondary N) is 1. The Balaban J connectivity index is 1.67. The van der Waals surface area contributed by atoms with Gasteiger partial charge in [-0.3, -0.25) is 14.9 Å². The molecule has 4 rings (SSSR count). The Kier molecular flexibility index (Phi) is 7.54. The molecule has 178 valence electrons. The van der Waals surface area contributed by atoms with Crippen LogP contribution in [0.2, 0.25) is 5.02 Å². The molecule has 0 bridgehead atoms. The fraction of sp³-hybridized carbons (Fsp3) is 0.375. The average molecular weight is 482 g/mol. The van der Waals surface area contributed by atoms with Gasteiger partial charge in [0.25, 0.3) is 5.91 Å². The lowest BCUT2D eigenvalue weighted by molar-refractivity contribution is -0.126. The Morgan fingerprint density at radius 3 is 2.85 bits per heavy atom. The van der Waals surface area contributed by atoms with Crippen LogP contribution in [0.15, 0.2) is 48.8 Å². The summed E-state index contributed by atoms with van der Waals surface area (Å²) in [6.07, 6.45) is 9.08. The van der Waals surface area contributed by atoms with Crippen molar-refractivity contribution in [2.24, 2.45) is 0 Å². The standard InChI is InChI=1S/C24H28ClN7O2/c1-30(2)13-6-10-21(33)31-14-4-3-7-18(16-31)32-22-19(25)8-5-9-20(22)28-24(32)29-23(34)17-11-12-26-27-15-17/h5-6,8-12,15,18H,3-4,7,13-14,16H2,1-2H3,(H,28,29,34)/t18-/m1/s1. The van der Waals surface area contributed by atoms with Crippen LogP contribution in [-0.2, 0) is 4.79 Å². The largest absolute Gasteiger partial charge is 0.337 e. The second kappa shape index (κ2) is 10.8. The number of rotatable bonds is 6. The van der Waals surface area contributed by atoms with Crippen molar-refractivity contribution in [3.05, 3.63) is 59.4 Å². The zero-order chi connectivity index (χ0) is 24.1. The molecule has 1 saturated heterocycles. The molecule has 0 saturated carbocycles. The number of halogens is 1. The molecular formula is C24H28ClN7O2. The number of carbonyl (C=O) groups excluding carboxylic acids is 2. The molecule has 0 spiro atoms. The maximum atomic E-state index is 12.9. The third-order valence-electron chi connectivity index (χ3n) is 5.79. The predicted molar refractivity (Wildman–Crippen MR) is 132 cm³/mol. The van der Waals surface area contributed by atoms with E-state index in [4.69, 9.17) is 11.6 Å². The van der Waals surface area contributed by atoms with E-state index in [1.54, 1.807) is 12.1 Å². The third-order valence-corrected chi connectivity index (χ3v) is 6.09. The number of carbonyl (C=O) groups is 2. The summed E-state index contributed by atoms with van der Waals surface area (Å²) in [6, 6.07) is 7.01. The number of para-hydroxylation sites is 1. The average Bonchev–Trinajstić information content (AvgIpc) is 3.01. The fourth-order valence-electron chi connectivity index (χ4n) is 4.15. The van der Waals surface area contributed by atoms with Crippen LogP contribution in [0.1, 0.15) is 35.7 Å². The van der Waals surface area contributed by atoms with Gasteiger partial charge in [0.2, 0.25) is 11.9 Å². The molecule has 1 N–H and O–H groups in total. The molecule has 3 aromatic rings. The lowest BCUT2D eigenvalue weighted by atomic mass is 10.1. The number of hydrogen-bond acceptors (Lipinski definition) is 6. The Morgan fingerprint density at radius 2 is 2.09 bits per heavy atom. The molecule has 1 aliphatic heterocycles. The van der Waals surface area contributed by atoms with Gasteiger partial charge in [-0.05, 0) is 51.6 Å². The number of aromatic nitrogens is 4. The van der Waals surface area contributed by atoms with Crippen LogP contribution in [0.25, 0.3) is 11.0 Å². The predicted octanol–water partition coefficient (Wildman–Crippen LogP) is 3.40. The molecule has 0 radical (unpaired) electrons. The maximum Gasteiger partial charge on any atom is 0.259 e. The zero-order valence-electron chi connectivity index (χ0n) is 19.3. The molecule has 3 heterocycles. The van der Waals surface area contributed by atoms with Crippen LogP contribution in [0.4, 0.5) is 5.95 Å². The first-order chi connectivity index (χ1) is 16.4. The lowest BCUT2D eigenvalue weighted by Crippen LogP contribution is -2.34. The first kappa shape index (κ1) is 23.8. The topological polar surface area (TPSA) is 96.2 Å². The van der Waals surface area contributed by atoms with Gasteiger partial charge in [-0.15, -0.1) is 0 Å². The molecule has 1 atom stereocenters. The van der Waals surface area contributed by atoms with E-state index >= 15 is 0 Å². The summed E-state index contributed by atoms with van der Waals surface area (Å²) in [5.41, 5.74) is 1.81. The summed E-state index contributed by atoms with van der Waals surface area (Å²) in [5, 5.41) is 11.0. The Hall–Kier alpha value is -3.30. The lowest BCUT2D eigenvalue weighted by Gasteiger charge is -2.26. The molecule has 34 heavy (non-hydrogen) atoms. The molecule has 10 heteroatoms. The van der Waals surface area contributed by atoms with Gasteiger partial charge in [-0.25, -0.2) is 4.98 Å². The van der Waals surface area contributed by atoms with E-state index < -0.39 is 0 Å². The van der Waals surface area contributed by atoms with E-state index in [9.17, 15) is 9.59 Å². The SMILES string of the molecule is CN(C)CC=CC(=O)N1CCCC[C@@H](n2c(NC(=O)c3ccnnc3)nc3cccc(Cl)c32)C1. The molecule has 1 fully saturated rings. The number of amides is 2. The highest BCUT2D eigenvalue weighted by Gasteiger charge is 2.27. The van der Waals surface area contributed by atoms with Crippen LogP contribution in [-0.4, -0.2) is 75.1 Å². The summed E-state index contributed by atoms with van der Waals surface area (Å²) in [6.45, 7) is 1.89. The van der Waals surface area contributed by atoms with Crippen LogP contribution in [0.5, 0.6) is 0 Å². The van der Waals surface area contributed by atoms with E-state index in [0.29, 0.717) is 41.7 Å². The molecular weight excluding hydrogens is 454 g/mol. The van der Waals surface area contributed by atoms with E-state index in [1.807, 2.05) is 52.7 Å². The van der Waals surface area contributed by atoms with Crippen molar-refractivity contribution >= 4 is 40.4 Å². The van der Waals surface area contributed by atoms with Crippen molar-refractivity contribution in [3.63, 3.8) is 0 Å². The van der Waals surface area contributed by atoms with Crippen LogP contribution in [0, 0.1) is 0 Å². The normalized spacial score (nSPS) is 16.8. The summed E-state index contributed by atoms with van der Waals surface area (Å²) >= 11 is 6.60. The number of nitrogens with zero attached hydrogens (tertiary/aromatic N) is 6. The Labute approximate surface area is 203 Å². The van der Waals surface area contributed by atoms with E-state index in [2.05, 4.69) is 20.5 Å². The first-order valence-corrected chi connectivity index (χ1v) is 11.7. The van der Waals surface area contributed by atoms with Gasteiger partial charge in [-0.1, -0.05) is 23.7 Å². The summed E-state index contributed by atoms with van der Waals surface area (Å²) in [7, 11) is 3.92. The molecule has 1 aromatic carbocycles. The Bertz CT molecular complexity index is 1190. The van der Waals surface area contributed by atoms with Crippen molar-refractivity contribution in [1.82, 2.24) is 29.5 Å². The van der Waals surface area contributed by atoms with E-state index in [0.717, 1.165) is 24.8 Å². The maximum absolute atomic E-state index is 12.9. The number of likely N-dealkylation sites (tertiary alicyclic amines) is 1. The number of anilines is 1. The third kappa shape index (κ3) is 5.43. The number of imidazole rings is 1. The quantitative estimate of drug-likeness (QED) is 0.542. The van der Waals surface area contributed by atoms with Crippen molar-refractivity contribution in [1.29, 1.82) is 0 Å². The number of hydrogen-bond donors (Lipinski definition) is 1.